The maximum atomic E-state index is 2.51. The Balaban J connectivity index is 0.814. The first-order chi connectivity index (χ1) is 29.7. The molecule has 2 heterocycles. The predicted octanol–water partition coefficient (Wildman–Crippen LogP) is 18.9. The van der Waals surface area contributed by atoms with Crippen molar-refractivity contribution in [3.8, 4) is 52.9 Å². The largest absolute Gasteiger partial charge is 0.134 e. The zero-order chi connectivity index (χ0) is 40.9. The van der Waals surface area contributed by atoms with Gasteiger partial charge in [0.25, 0.3) is 0 Å². The van der Waals surface area contributed by atoms with E-state index in [0.717, 1.165) is 12.8 Å². The van der Waals surface area contributed by atoms with Gasteiger partial charge in [-0.05, 0) is 142 Å². The monoisotopic (exact) mass is 830 g/mol. The Morgan fingerprint density at radius 1 is 0.317 bits per heavy atom. The van der Waals surface area contributed by atoms with Gasteiger partial charge in [-0.25, -0.2) is 0 Å². The molecular formula is C58H70S2. The van der Waals surface area contributed by atoms with Gasteiger partial charge < -0.3 is 0 Å². The lowest BCUT2D eigenvalue weighted by Gasteiger charge is -2.06. The maximum Gasteiger partial charge on any atom is 0.0449 e. The third kappa shape index (κ3) is 11.0. The lowest BCUT2D eigenvalue weighted by Crippen LogP contribution is -1.89. The Morgan fingerprint density at radius 3 is 1.02 bits per heavy atom. The summed E-state index contributed by atoms with van der Waals surface area (Å²) < 4.78 is 0. The molecule has 0 N–H and O–H groups in total. The molecule has 0 saturated heterocycles. The van der Waals surface area contributed by atoms with Gasteiger partial charge >= 0.3 is 0 Å². The van der Waals surface area contributed by atoms with Gasteiger partial charge in [-0.3, -0.25) is 0 Å². The fourth-order valence-electron chi connectivity index (χ4n) is 10.0. The summed E-state index contributed by atoms with van der Waals surface area (Å²) in [7, 11) is 0. The molecular weight excluding hydrogens is 761 g/mol. The molecule has 60 heavy (non-hydrogen) atoms. The van der Waals surface area contributed by atoms with Gasteiger partial charge in [0.2, 0.25) is 0 Å². The van der Waals surface area contributed by atoms with Gasteiger partial charge in [0.15, 0.2) is 0 Å². The van der Waals surface area contributed by atoms with Crippen molar-refractivity contribution >= 4 is 22.7 Å². The Hall–Kier alpha value is -3.72. The van der Waals surface area contributed by atoms with Crippen molar-refractivity contribution in [2.75, 3.05) is 0 Å². The first-order valence-electron chi connectivity index (χ1n) is 24.4. The number of benzene rings is 4. The molecule has 314 valence electrons. The summed E-state index contributed by atoms with van der Waals surface area (Å²) in [4.78, 5) is 5.46. The highest BCUT2D eigenvalue weighted by Gasteiger charge is 2.22. The highest BCUT2D eigenvalue weighted by Crippen LogP contribution is 2.45. The molecule has 2 aromatic heterocycles. The molecule has 0 unspecified atom stereocenters. The second-order valence-electron chi connectivity index (χ2n) is 18.3. The zero-order valence-corrected chi connectivity index (χ0v) is 38.7. The highest BCUT2D eigenvalue weighted by atomic mass is 32.1. The minimum absolute atomic E-state index is 1.06. The van der Waals surface area contributed by atoms with Crippen molar-refractivity contribution in [2.45, 2.75) is 168 Å². The van der Waals surface area contributed by atoms with Crippen LogP contribution in [-0.4, -0.2) is 0 Å². The van der Waals surface area contributed by atoms with Gasteiger partial charge in [-0.2, -0.15) is 0 Å². The molecule has 0 saturated carbocycles. The summed E-state index contributed by atoms with van der Waals surface area (Å²) in [6, 6.07) is 38.4. The van der Waals surface area contributed by atoms with Gasteiger partial charge in [0, 0.05) is 19.5 Å². The van der Waals surface area contributed by atoms with Crippen LogP contribution in [-0.2, 0) is 25.7 Å². The van der Waals surface area contributed by atoms with Crippen LogP contribution in [0.5, 0.6) is 0 Å². The Labute approximate surface area is 371 Å². The van der Waals surface area contributed by atoms with Gasteiger partial charge in [0.05, 0.1) is 0 Å². The lowest BCUT2D eigenvalue weighted by molar-refractivity contribution is 0.556. The van der Waals surface area contributed by atoms with E-state index in [1.165, 1.54) is 228 Å². The van der Waals surface area contributed by atoms with E-state index in [1.54, 1.807) is 0 Å². The van der Waals surface area contributed by atoms with Crippen LogP contribution >= 0.6 is 22.7 Å². The van der Waals surface area contributed by atoms with Crippen molar-refractivity contribution in [1.29, 1.82) is 0 Å². The van der Waals surface area contributed by atoms with E-state index in [9.17, 15) is 0 Å². The molecule has 0 amide bonds. The standard InChI is InChI=1S/C58H70S2/c1-3-5-7-9-11-13-15-17-19-21-23-43-25-29-51-47(37-43)41-49-39-45(27-31-53(49)51)55-33-35-57(59-55)58-36-34-56(60-58)46-28-32-54-50(40-46)42-48-38-44(26-30-52(48)54)24-22-20-18-16-14-12-10-8-6-4-2/h25-40H,3-24,41-42H2,1-2H3. The molecule has 8 rings (SSSR count). The van der Waals surface area contributed by atoms with Crippen molar-refractivity contribution in [2.24, 2.45) is 0 Å². The van der Waals surface area contributed by atoms with Crippen LogP contribution < -0.4 is 0 Å². The fourth-order valence-corrected chi connectivity index (χ4v) is 12.1. The molecule has 2 aliphatic rings. The van der Waals surface area contributed by atoms with Gasteiger partial charge in [0.1, 0.15) is 0 Å². The number of hydrogen-bond acceptors (Lipinski definition) is 2. The summed E-state index contributed by atoms with van der Waals surface area (Å²) >= 11 is 3.87. The highest BCUT2D eigenvalue weighted by molar-refractivity contribution is 7.25. The summed E-state index contributed by atoms with van der Waals surface area (Å²) in [6.45, 7) is 4.61. The van der Waals surface area contributed by atoms with Crippen LogP contribution in [0, 0.1) is 0 Å². The number of rotatable bonds is 25. The van der Waals surface area contributed by atoms with Crippen LogP contribution in [0.1, 0.15) is 176 Å². The number of aryl methyl sites for hydroxylation is 2. The minimum Gasteiger partial charge on any atom is -0.134 e. The third-order valence-electron chi connectivity index (χ3n) is 13.6. The van der Waals surface area contributed by atoms with Crippen molar-refractivity contribution in [1.82, 2.24) is 0 Å². The van der Waals surface area contributed by atoms with Crippen LogP contribution in [0.15, 0.2) is 97.1 Å². The van der Waals surface area contributed by atoms with Crippen LogP contribution in [0.4, 0.5) is 0 Å². The van der Waals surface area contributed by atoms with E-state index in [0.29, 0.717) is 0 Å². The molecule has 2 aliphatic carbocycles. The molecule has 2 heteroatoms. The summed E-state index contributed by atoms with van der Waals surface area (Å²) in [5.41, 5.74) is 17.5. The maximum absolute atomic E-state index is 2.51. The van der Waals surface area contributed by atoms with Crippen molar-refractivity contribution in [3.05, 3.63) is 130 Å². The van der Waals surface area contributed by atoms with Gasteiger partial charge in [-0.15, -0.1) is 22.7 Å². The van der Waals surface area contributed by atoms with Crippen LogP contribution in [0.3, 0.4) is 0 Å². The SMILES string of the molecule is CCCCCCCCCCCCc1ccc2c(c1)Cc1cc(-c3ccc(-c4ccc(-c5ccc6c(c5)Cc5cc(CCCCCCCCCCCC)ccc5-6)s4)s3)ccc1-2. The Morgan fingerprint density at radius 2 is 0.633 bits per heavy atom. The number of unbranched alkanes of at least 4 members (excludes halogenated alkanes) is 18. The zero-order valence-electron chi connectivity index (χ0n) is 37.0. The van der Waals surface area contributed by atoms with Gasteiger partial charge in [-0.1, -0.05) is 190 Å². The lowest BCUT2D eigenvalue weighted by atomic mass is 9.99. The van der Waals surface area contributed by atoms with E-state index in [2.05, 4.69) is 111 Å². The first-order valence-corrected chi connectivity index (χ1v) is 26.0. The topological polar surface area (TPSA) is 0 Å². The predicted molar refractivity (Wildman–Crippen MR) is 266 cm³/mol. The molecule has 0 atom stereocenters. The quantitative estimate of drug-likeness (QED) is 0.0503. The smallest absolute Gasteiger partial charge is 0.0449 e. The number of hydrogen-bond donors (Lipinski definition) is 0. The molecule has 0 fully saturated rings. The molecule has 0 nitrogen and oxygen atoms in total. The van der Waals surface area contributed by atoms with E-state index in [-0.39, 0.29) is 0 Å². The van der Waals surface area contributed by atoms with E-state index in [1.807, 2.05) is 22.7 Å². The summed E-state index contributed by atoms with van der Waals surface area (Å²) in [5.74, 6) is 0. The minimum atomic E-state index is 1.06. The molecule has 4 aromatic carbocycles. The second-order valence-corrected chi connectivity index (χ2v) is 20.4. The van der Waals surface area contributed by atoms with Crippen molar-refractivity contribution < 1.29 is 0 Å². The molecule has 6 aromatic rings. The third-order valence-corrected chi connectivity index (χ3v) is 16.0. The average molecular weight is 831 g/mol. The normalized spacial score (nSPS) is 12.5. The fraction of sp³-hybridized carbons (Fsp3) is 0.448. The summed E-state index contributed by atoms with van der Waals surface area (Å²) in [6.07, 6.45) is 32.5. The van der Waals surface area contributed by atoms with Crippen LogP contribution in [0.2, 0.25) is 0 Å². The van der Waals surface area contributed by atoms with Crippen LogP contribution in [0.25, 0.3) is 52.9 Å². The average Bonchev–Trinajstić information content (AvgIpc) is 4.09. The molecule has 0 radical (unpaired) electrons. The van der Waals surface area contributed by atoms with Crippen molar-refractivity contribution in [3.63, 3.8) is 0 Å². The number of fused-ring (bicyclic) bond motifs is 6. The summed E-state index contributed by atoms with van der Waals surface area (Å²) in [5, 5.41) is 0. The second kappa shape index (κ2) is 21.9. The Bertz CT molecular complexity index is 2120. The van der Waals surface area contributed by atoms with E-state index < -0.39 is 0 Å². The molecule has 0 aliphatic heterocycles. The first kappa shape index (κ1) is 42.9. The Kier molecular flexibility index (Phi) is 15.7. The van der Waals surface area contributed by atoms with E-state index in [4.69, 9.17) is 0 Å². The number of thiophene rings is 2. The molecule has 0 spiro atoms. The van der Waals surface area contributed by atoms with E-state index >= 15 is 0 Å². The molecule has 0 bridgehead atoms.